The Bertz CT molecular complexity index is 928. The van der Waals surface area contributed by atoms with E-state index in [1.807, 2.05) is 43.3 Å². The van der Waals surface area contributed by atoms with Crippen LogP contribution in [-0.2, 0) is 4.79 Å². The molecule has 0 aliphatic rings. The van der Waals surface area contributed by atoms with Gasteiger partial charge < -0.3 is 14.8 Å². The summed E-state index contributed by atoms with van der Waals surface area (Å²) >= 11 is 0. The van der Waals surface area contributed by atoms with E-state index in [1.165, 1.54) is 25.7 Å². The quantitative estimate of drug-likeness (QED) is 0.249. The first-order valence-electron chi connectivity index (χ1n) is 10.9. The summed E-state index contributed by atoms with van der Waals surface area (Å²) in [4.78, 5) is 12.5. The molecule has 0 bridgehead atoms. The minimum Gasteiger partial charge on any atom is -0.493 e. The molecule has 5 nitrogen and oxygen atoms in total. The third-order valence-corrected chi connectivity index (χ3v) is 5.01. The van der Waals surface area contributed by atoms with E-state index in [0.29, 0.717) is 29.4 Å². The van der Waals surface area contributed by atoms with Crippen molar-refractivity contribution < 1.29 is 14.3 Å². The number of benzene rings is 2. The van der Waals surface area contributed by atoms with E-state index in [1.54, 1.807) is 25.3 Å². The zero-order chi connectivity index (χ0) is 22.5. The number of nitriles is 1. The second-order valence-electron chi connectivity index (χ2n) is 7.47. The molecule has 0 unspecified atom stereocenters. The summed E-state index contributed by atoms with van der Waals surface area (Å²) in [6, 6.07) is 14.8. The Balaban J connectivity index is 2.01. The molecule has 1 amide bonds. The molecule has 2 rings (SSSR count). The van der Waals surface area contributed by atoms with E-state index in [4.69, 9.17) is 9.47 Å². The van der Waals surface area contributed by atoms with Crippen LogP contribution in [0.4, 0.5) is 5.69 Å². The lowest BCUT2D eigenvalue weighted by Crippen LogP contribution is -2.14. The Labute approximate surface area is 185 Å². The minimum atomic E-state index is -0.445. The molecule has 2 aromatic carbocycles. The molecular formula is C26H32N2O3. The molecule has 0 spiro atoms. The smallest absolute Gasteiger partial charge is 0.266 e. The summed E-state index contributed by atoms with van der Waals surface area (Å²) < 4.78 is 11.3. The Kier molecular flexibility index (Phi) is 10.2. The largest absolute Gasteiger partial charge is 0.493 e. The first-order valence-corrected chi connectivity index (χ1v) is 10.9. The maximum atomic E-state index is 12.5. The molecule has 0 atom stereocenters. The number of carbonyl (C=O) groups excluding carboxylic acids is 1. The maximum absolute atomic E-state index is 12.5. The van der Waals surface area contributed by atoms with Crippen LogP contribution in [0.5, 0.6) is 11.5 Å². The summed E-state index contributed by atoms with van der Waals surface area (Å²) in [5, 5.41) is 12.3. The molecule has 0 aromatic heterocycles. The van der Waals surface area contributed by atoms with Gasteiger partial charge in [0.1, 0.15) is 11.6 Å². The second-order valence-corrected chi connectivity index (χ2v) is 7.47. The van der Waals surface area contributed by atoms with Crippen molar-refractivity contribution in [2.45, 2.75) is 52.4 Å². The standard InChI is InChI=1S/C26H32N2O3/c1-4-5-6-7-8-11-16-31-24-15-14-21(18-25(24)30-3)17-22(19-27)26(29)28-23-13-10-9-12-20(23)2/h9-10,12-15,17-18H,4-8,11,16H2,1-3H3,(H,28,29)/b22-17-. The number of ether oxygens (including phenoxy) is 2. The lowest BCUT2D eigenvalue weighted by Gasteiger charge is -2.12. The number of hydrogen-bond acceptors (Lipinski definition) is 4. The van der Waals surface area contributed by atoms with Gasteiger partial charge in [0.25, 0.3) is 5.91 Å². The summed E-state index contributed by atoms with van der Waals surface area (Å²) in [5.41, 5.74) is 2.33. The van der Waals surface area contributed by atoms with Crippen LogP contribution in [0, 0.1) is 18.3 Å². The van der Waals surface area contributed by atoms with Crippen molar-refractivity contribution in [2.24, 2.45) is 0 Å². The number of nitrogens with zero attached hydrogens (tertiary/aromatic N) is 1. The number of unbranched alkanes of at least 4 members (excludes halogenated alkanes) is 5. The van der Waals surface area contributed by atoms with Crippen molar-refractivity contribution in [3.63, 3.8) is 0 Å². The normalized spacial score (nSPS) is 11.0. The van der Waals surface area contributed by atoms with Crippen molar-refractivity contribution in [1.29, 1.82) is 5.26 Å². The highest BCUT2D eigenvalue weighted by Gasteiger charge is 2.12. The molecule has 0 saturated heterocycles. The molecule has 0 fully saturated rings. The van der Waals surface area contributed by atoms with Crippen LogP contribution in [0.1, 0.15) is 56.6 Å². The molecule has 0 saturated carbocycles. The number of amides is 1. The highest BCUT2D eigenvalue weighted by Crippen LogP contribution is 2.29. The first-order chi connectivity index (χ1) is 15.1. The van der Waals surface area contributed by atoms with E-state index in [2.05, 4.69) is 12.2 Å². The number of anilines is 1. The zero-order valence-corrected chi connectivity index (χ0v) is 18.7. The van der Waals surface area contributed by atoms with Crippen LogP contribution < -0.4 is 14.8 Å². The fourth-order valence-corrected chi connectivity index (χ4v) is 3.18. The third kappa shape index (κ3) is 7.82. The predicted molar refractivity (Wildman–Crippen MR) is 125 cm³/mol. The minimum absolute atomic E-state index is 0.0195. The average molecular weight is 421 g/mol. The van der Waals surface area contributed by atoms with Gasteiger partial charge in [-0.05, 0) is 48.7 Å². The number of rotatable bonds is 12. The van der Waals surface area contributed by atoms with E-state index >= 15 is 0 Å². The van der Waals surface area contributed by atoms with E-state index in [0.717, 1.165) is 18.4 Å². The van der Waals surface area contributed by atoms with E-state index in [9.17, 15) is 10.1 Å². The third-order valence-electron chi connectivity index (χ3n) is 5.01. The molecule has 1 N–H and O–H groups in total. The van der Waals surface area contributed by atoms with Gasteiger partial charge in [0.05, 0.1) is 13.7 Å². The molecule has 164 valence electrons. The summed E-state index contributed by atoms with van der Waals surface area (Å²) in [6.07, 6.45) is 8.76. The van der Waals surface area contributed by atoms with E-state index in [-0.39, 0.29) is 5.57 Å². The number of aryl methyl sites for hydroxylation is 1. The van der Waals surface area contributed by atoms with Gasteiger partial charge in [-0.2, -0.15) is 5.26 Å². The molecule has 0 radical (unpaired) electrons. The number of carbonyl (C=O) groups is 1. The number of methoxy groups -OCH3 is 1. The van der Waals surface area contributed by atoms with Crippen LogP contribution in [0.3, 0.4) is 0 Å². The van der Waals surface area contributed by atoms with Crippen molar-refractivity contribution in [3.8, 4) is 17.6 Å². The number of para-hydroxylation sites is 1. The van der Waals surface area contributed by atoms with Gasteiger partial charge in [-0.15, -0.1) is 0 Å². The fraction of sp³-hybridized carbons (Fsp3) is 0.385. The zero-order valence-electron chi connectivity index (χ0n) is 18.7. The molecule has 5 heteroatoms. The van der Waals surface area contributed by atoms with Gasteiger partial charge in [0.2, 0.25) is 0 Å². The Hall–Kier alpha value is -3.26. The molecule has 0 heterocycles. The second kappa shape index (κ2) is 13.1. The molecule has 2 aromatic rings. The van der Waals surface area contributed by atoms with Gasteiger partial charge in [-0.1, -0.05) is 63.3 Å². The van der Waals surface area contributed by atoms with Crippen LogP contribution in [0.2, 0.25) is 0 Å². The van der Waals surface area contributed by atoms with Crippen LogP contribution in [0.25, 0.3) is 6.08 Å². The summed E-state index contributed by atoms with van der Waals surface area (Å²) in [6.45, 7) is 4.75. The Morgan fingerprint density at radius 2 is 1.81 bits per heavy atom. The van der Waals surface area contributed by atoms with Gasteiger partial charge in [-0.25, -0.2) is 0 Å². The van der Waals surface area contributed by atoms with Crippen molar-refractivity contribution in [3.05, 3.63) is 59.2 Å². The highest BCUT2D eigenvalue weighted by molar-refractivity contribution is 6.10. The monoisotopic (exact) mass is 420 g/mol. The summed E-state index contributed by atoms with van der Waals surface area (Å²) in [7, 11) is 1.58. The van der Waals surface area contributed by atoms with Gasteiger partial charge >= 0.3 is 0 Å². The lowest BCUT2D eigenvalue weighted by molar-refractivity contribution is -0.112. The van der Waals surface area contributed by atoms with Crippen molar-refractivity contribution in [1.82, 2.24) is 0 Å². The molecular weight excluding hydrogens is 388 g/mol. The van der Waals surface area contributed by atoms with Gasteiger partial charge in [0.15, 0.2) is 11.5 Å². The number of nitrogens with one attached hydrogen (secondary N) is 1. The molecule has 0 aliphatic carbocycles. The van der Waals surface area contributed by atoms with Crippen molar-refractivity contribution >= 4 is 17.7 Å². The molecule has 31 heavy (non-hydrogen) atoms. The lowest BCUT2D eigenvalue weighted by atomic mass is 10.1. The molecule has 0 aliphatic heterocycles. The fourth-order valence-electron chi connectivity index (χ4n) is 3.18. The van der Waals surface area contributed by atoms with Crippen molar-refractivity contribution in [2.75, 3.05) is 19.0 Å². The highest BCUT2D eigenvalue weighted by atomic mass is 16.5. The Morgan fingerprint density at radius 1 is 1.06 bits per heavy atom. The van der Waals surface area contributed by atoms with Crippen LogP contribution in [-0.4, -0.2) is 19.6 Å². The SMILES string of the molecule is CCCCCCCCOc1ccc(/C=C(/C#N)C(=O)Nc2ccccc2C)cc1OC. The van der Waals surface area contributed by atoms with Gasteiger partial charge in [-0.3, -0.25) is 4.79 Å². The topological polar surface area (TPSA) is 71.3 Å². The number of hydrogen-bond donors (Lipinski definition) is 1. The van der Waals surface area contributed by atoms with E-state index < -0.39 is 5.91 Å². The van der Waals surface area contributed by atoms with Crippen LogP contribution in [0.15, 0.2) is 48.0 Å². The summed E-state index contributed by atoms with van der Waals surface area (Å²) in [5.74, 6) is 0.798. The average Bonchev–Trinajstić information content (AvgIpc) is 2.78. The maximum Gasteiger partial charge on any atom is 0.266 e. The van der Waals surface area contributed by atoms with Gasteiger partial charge in [0, 0.05) is 5.69 Å². The first kappa shape index (κ1) is 24.0. The van der Waals surface area contributed by atoms with Crippen LogP contribution >= 0.6 is 0 Å². The Morgan fingerprint density at radius 3 is 2.52 bits per heavy atom. The predicted octanol–water partition coefficient (Wildman–Crippen LogP) is 6.29.